The molecule has 1 rings (SSSR count). The molecule has 0 aromatic rings. The van der Waals surface area contributed by atoms with Gasteiger partial charge in [-0.3, -0.25) is 4.99 Å². The van der Waals surface area contributed by atoms with Crippen LogP contribution >= 0.6 is 24.0 Å². The van der Waals surface area contributed by atoms with Crippen molar-refractivity contribution in [2.24, 2.45) is 22.1 Å². The summed E-state index contributed by atoms with van der Waals surface area (Å²) in [5.41, 5.74) is 6.40. The quantitative estimate of drug-likeness (QED) is 0.218. The number of ether oxygens (including phenoxy) is 1. The zero-order valence-electron chi connectivity index (χ0n) is 15.6. The summed E-state index contributed by atoms with van der Waals surface area (Å²) in [5, 5.41) is 3.34. The van der Waals surface area contributed by atoms with E-state index in [-0.39, 0.29) is 24.0 Å². The van der Waals surface area contributed by atoms with E-state index in [1.165, 1.54) is 32.1 Å². The summed E-state index contributed by atoms with van der Waals surface area (Å²) in [7, 11) is 0. The van der Waals surface area contributed by atoms with Crippen LogP contribution in [0.1, 0.15) is 72.6 Å². The minimum absolute atomic E-state index is 0. The van der Waals surface area contributed by atoms with Gasteiger partial charge in [-0.05, 0) is 50.9 Å². The molecule has 4 nitrogen and oxygen atoms in total. The minimum atomic E-state index is 0. The highest BCUT2D eigenvalue weighted by Gasteiger charge is 2.36. The Kier molecular flexibility index (Phi) is 12.3. The van der Waals surface area contributed by atoms with Gasteiger partial charge in [0.25, 0.3) is 0 Å². The summed E-state index contributed by atoms with van der Waals surface area (Å²) < 4.78 is 5.50. The lowest BCUT2D eigenvalue weighted by Gasteiger charge is -2.40. The molecule has 1 saturated carbocycles. The van der Waals surface area contributed by atoms with Crippen LogP contribution in [0.2, 0.25) is 0 Å². The van der Waals surface area contributed by atoms with E-state index in [9.17, 15) is 0 Å². The topological polar surface area (TPSA) is 59.6 Å². The normalized spacial score (nSPS) is 18.2. The number of aliphatic imine (C=N–C) groups is 1. The van der Waals surface area contributed by atoms with Gasteiger partial charge < -0.3 is 15.8 Å². The van der Waals surface area contributed by atoms with E-state index in [1.54, 1.807) is 0 Å². The smallest absolute Gasteiger partial charge is 0.188 e. The van der Waals surface area contributed by atoms with Crippen LogP contribution in [0.3, 0.4) is 0 Å². The second-order valence-electron chi connectivity index (χ2n) is 7.37. The van der Waals surface area contributed by atoms with Crippen molar-refractivity contribution in [3.63, 3.8) is 0 Å². The Hall–Kier alpha value is -0.0400. The number of nitrogens with zero attached hydrogens (tertiary/aromatic N) is 1. The maximum atomic E-state index is 6.05. The van der Waals surface area contributed by atoms with E-state index in [2.05, 4.69) is 31.1 Å². The zero-order valence-corrected chi connectivity index (χ0v) is 17.9. The SMILES string of the molecule is CCOCCC1(CN=C(N)NC(C)CCCC(C)C)CCC1.I. The van der Waals surface area contributed by atoms with Crippen LogP contribution in [-0.4, -0.2) is 31.8 Å². The maximum absolute atomic E-state index is 6.05. The van der Waals surface area contributed by atoms with E-state index < -0.39 is 0 Å². The molecule has 0 aliphatic heterocycles. The van der Waals surface area contributed by atoms with Crippen molar-refractivity contribution in [2.75, 3.05) is 19.8 Å². The van der Waals surface area contributed by atoms with Crippen LogP contribution in [0, 0.1) is 11.3 Å². The molecular formula is C18H38IN3O. The lowest BCUT2D eigenvalue weighted by molar-refractivity contribution is 0.0609. The molecule has 5 heteroatoms. The third-order valence-corrected chi connectivity index (χ3v) is 4.79. The number of halogens is 1. The van der Waals surface area contributed by atoms with E-state index in [0.717, 1.165) is 38.5 Å². The largest absolute Gasteiger partial charge is 0.382 e. The third kappa shape index (κ3) is 9.75. The number of hydrogen-bond acceptors (Lipinski definition) is 2. The molecule has 3 N–H and O–H groups in total. The van der Waals surface area contributed by atoms with Gasteiger partial charge in [0.1, 0.15) is 0 Å². The molecule has 0 amide bonds. The van der Waals surface area contributed by atoms with Gasteiger partial charge in [0.15, 0.2) is 5.96 Å². The van der Waals surface area contributed by atoms with Crippen LogP contribution in [0.15, 0.2) is 4.99 Å². The molecular weight excluding hydrogens is 401 g/mol. The average molecular weight is 439 g/mol. The molecule has 0 aromatic carbocycles. The molecule has 1 atom stereocenters. The van der Waals surface area contributed by atoms with Gasteiger partial charge in [0, 0.05) is 25.8 Å². The van der Waals surface area contributed by atoms with Crippen LogP contribution in [0.5, 0.6) is 0 Å². The third-order valence-electron chi connectivity index (χ3n) is 4.79. The lowest BCUT2D eigenvalue weighted by atomic mass is 9.67. The molecule has 0 heterocycles. The highest BCUT2D eigenvalue weighted by Crippen LogP contribution is 2.44. The Morgan fingerprint density at radius 3 is 2.48 bits per heavy atom. The molecule has 0 bridgehead atoms. The van der Waals surface area contributed by atoms with Crippen molar-refractivity contribution in [1.29, 1.82) is 0 Å². The van der Waals surface area contributed by atoms with Crippen molar-refractivity contribution in [3.8, 4) is 0 Å². The van der Waals surface area contributed by atoms with Crippen molar-refractivity contribution < 1.29 is 4.74 Å². The standard InChI is InChI=1S/C18H37N3O.HI/c1-5-22-13-12-18(10-7-11-18)14-20-17(19)21-16(4)9-6-8-15(2)3;/h15-16H,5-14H2,1-4H3,(H3,19,20,21);1H. The first-order chi connectivity index (χ1) is 10.5. The fourth-order valence-corrected chi connectivity index (χ4v) is 3.05. The molecule has 1 aliphatic carbocycles. The first-order valence-corrected chi connectivity index (χ1v) is 9.11. The predicted molar refractivity (Wildman–Crippen MR) is 111 cm³/mol. The molecule has 0 saturated heterocycles. The van der Waals surface area contributed by atoms with Gasteiger partial charge in [-0.2, -0.15) is 0 Å². The van der Waals surface area contributed by atoms with E-state index in [1.807, 2.05) is 6.92 Å². The zero-order chi connectivity index (χ0) is 16.4. The molecule has 0 aromatic heterocycles. The summed E-state index contributed by atoms with van der Waals surface area (Å²) in [5.74, 6) is 1.39. The maximum Gasteiger partial charge on any atom is 0.188 e. The van der Waals surface area contributed by atoms with Gasteiger partial charge in [0.2, 0.25) is 0 Å². The average Bonchev–Trinajstić information content (AvgIpc) is 2.40. The van der Waals surface area contributed by atoms with E-state index in [0.29, 0.717) is 17.4 Å². The Labute approximate surface area is 160 Å². The van der Waals surface area contributed by atoms with Crippen LogP contribution in [0.25, 0.3) is 0 Å². The second-order valence-corrected chi connectivity index (χ2v) is 7.37. The molecule has 1 fully saturated rings. The molecule has 23 heavy (non-hydrogen) atoms. The van der Waals surface area contributed by atoms with Crippen molar-refractivity contribution in [1.82, 2.24) is 5.32 Å². The monoisotopic (exact) mass is 439 g/mol. The summed E-state index contributed by atoms with van der Waals surface area (Å²) in [6, 6.07) is 0.406. The van der Waals surface area contributed by atoms with Gasteiger partial charge in [-0.1, -0.05) is 33.1 Å². The van der Waals surface area contributed by atoms with Crippen molar-refractivity contribution in [2.45, 2.75) is 78.7 Å². The summed E-state index contributed by atoms with van der Waals surface area (Å²) in [6.45, 7) is 11.3. The first kappa shape index (κ1) is 23.0. The second kappa shape index (κ2) is 12.3. The Morgan fingerprint density at radius 1 is 1.26 bits per heavy atom. The predicted octanol–water partition coefficient (Wildman–Crippen LogP) is 4.32. The van der Waals surface area contributed by atoms with Gasteiger partial charge in [-0.15, -0.1) is 24.0 Å². The molecule has 138 valence electrons. The molecule has 1 unspecified atom stereocenters. The summed E-state index contributed by atoms with van der Waals surface area (Å²) in [4.78, 5) is 4.61. The van der Waals surface area contributed by atoms with Crippen LogP contribution in [-0.2, 0) is 4.74 Å². The van der Waals surface area contributed by atoms with Crippen molar-refractivity contribution in [3.05, 3.63) is 0 Å². The number of guanidine groups is 1. The number of nitrogens with one attached hydrogen (secondary N) is 1. The number of rotatable bonds is 11. The fourth-order valence-electron chi connectivity index (χ4n) is 3.05. The van der Waals surface area contributed by atoms with E-state index >= 15 is 0 Å². The van der Waals surface area contributed by atoms with Crippen LogP contribution < -0.4 is 11.1 Å². The van der Waals surface area contributed by atoms with Crippen LogP contribution in [0.4, 0.5) is 0 Å². The molecule has 1 aliphatic rings. The highest BCUT2D eigenvalue weighted by atomic mass is 127. The minimum Gasteiger partial charge on any atom is -0.382 e. The number of nitrogens with two attached hydrogens (primary N) is 1. The Morgan fingerprint density at radius 2 is 1.96 bits per heavy atom. The van der Waals surface area contributed by atoms with Gasteiger partial charge in [-0.25, -0.2) is 0 Å². The van der Waals surface area contributed by atoms with Crippen molar-refractivity contribution >= 4 is 29.9 Å². The molecule has 0 radical (unpaired) electrons. The Bertz CT molecular complexity index is 330. The summed E-state index contributed by atoms with van der Waals surface area (Å²) >= 11 is 0. The Balaban J connectivity index is 0.00000484. The first-order valence-electron chi connectivity index (χ1n) is 9.11. The number of hydrogen-bond donors (Lipinski definition) is 2. The lowest BCUT2D eigenvalue weighted by Crippen LogP contribution is -2.40. The van der Waals surface area contributed by atoms with Gasteiger partial charge in [0.05, 0.1) is 0 Å². The van der Waals surface area contributed by atoms with Gasteiger partial charge >= 0.3 is 0 Å². The summed E-state index contributed by atoms with van der Waals surface area (Å²) in [6.07, 6.45) is 8.65. The molecule has 0 spiro atoms. The highest BCUT2D eigenvalue weighted by molar-refractivity contribution is 14.0. The fraction of sp³-hybridized carbons (Fsp3) is 0.944. The van der Waals surface area contributed by atoms with E-state index in [4.69, 9.17) is 10.5 Å².